The zero-order valence-electron chi connectivity index (χ0n) is 26.6. The average Bonchev–Trinajstić information content (AvgIpc) is 3.66. The zero-order valence-corrected chi connectivity index (χ0v) is 28.1. The lowest BCUT2D eigenvalue weighted by atomic mass is 9.80. The van der Waals surface area contributed by atoms with Crippen molar-refractivity contribution in [1.29, 1.82) is 5.26 Å². The number of hydrogen-bond acceptors (Lipinski definition) is 9. The lowest BCUT2D eigenvalue weighted by molar-refractivity contribution is -0.138. The van der Waals surface area contributed by atoms with Gasteiger partial charge >= 0.3 is 0 Å². The topological polar surface area (TPSA) is 126 Å². The molecule has 11 nitrogen and oxygen atoms in total. The number of anilines is 1. The van der Waals surface area contributed by atoms with E-state index in [4.69, 9.17) is 16.3 Å². The summed E-state index contributed by atoms with van der Waals surface area (Å²) in [7, 11) is 0.365. The number of halogens is 1. The van der Waals surface area contributed by atoms with Gasteiger partial charge in [0.1, 0.15) is 5.75 Å². The van der Waals surface area contributed by atoms with Crippen LogP contribution in [0, 0.1) is 11.3 Å². The number of piperazine rings is 1. The first-order valence-corrected chi connectivity index (χ1v) is 17.3. The Morgan fingerprint density at radius 1 is 1.06 bits per heavy atom. The Morgan fingerprint density at radius 3 is 2.45 bits per heavy atom. The maximum atomic E-state index is 15.3. The Morgan fingerprint density at radius 2 is 1.79 bits per heavy atom. The quantitative estimate of drug-likeness (QED) is 0.383. The van der Waals surface area contributed by atoms with Crippen molar-refractivity contribution in [1.82, 2.24) is 20.0 Å². The number of benzene rings is 3. The molecule has 2 fully saturated rings. The van der Waals surface area contributed by atoms with Crippen LogP contribution in [0.1, 0.15) is 35.1 Å². The molecule has 3 aromatic rings. The molecule has 3 aromatic carbocycles. The number of likely N-dealkylation sites (N-methyl/N-ethyl adjacent to an activating group) is 1. The first-order chi connectivity index (χ1) is 22.5. The molecule has 0 saturated carbocycles. The van der Waals surface area contributed by atoms with Crippen LogP contribution < -0.4 is 14.4 Å². The summed E-state index contributed by atoms with van der Waals surface area (Å²) in [6.45, 7) is 4.59. The average molecular weight is 677 g/mol. The van der Waals surface area contributed by atoms with E-state index in [1.165, 1.54) is 42.3 Å². The molecular formula is C34H37ClN6O5S. The summed E-state index contributed by atoms with van der Waals surface area (Å²) in [5.74, 6) is -0.552. The normalized spacial score (nSPS) is 21.8. The van der Waals surface area contributed by atoms with Crippen LogP contribution in [0.2, 0.25) is 5.02 Å². The number of carbonyl (C=O) groups excluding carboxylic acids is 2. The van der Waals surface area contributed by atoms with E-state index in [0.717, 1.165) is 36.0 Å². The van der Waals surface area contributed by atoms with Crippen molar-refractivity contribution in [2.75, 3.05) is 58.2 Å². The van der Waals surface area contributed by atoms with E-state index in [0.29, 0.717) is 47.8 Å². The summed E-state index contributed by atoms with van der Waals surface area (Å²) in [6.07, 6.45) is 1.09. The second-order valence-corrected chi connectivity index (χ2v) is 14.5. The molecule has 47 heavy (non-hydrogen) atoms. The number of amides is 2. The zero-order chi connectivity index (χ0) is 33.5. The van der Waals surface area contributed by atoms with Crippen LogP contribution in [0.3, 0.4) is 0 Å². The fourth-order valence-corrected chi connectivity index (χ4v) is 8.70. The maximum absolute atomic E-state index is 15.3. The van der Waals surface area contributed by atoms with Crippen LogP contribution in [-0.4, -0.2) is 94.9 Å². The van der Waals surface area contributed by atoms with Gasteiger partial charge in [0.15, 0.2) is 5.54 Å². The summed E-state index contributed by atoms with van der Waals surface area (Å²) in [5.41, 5.74) is 0.395. The van der Waals surface area contributed by atoms with Gasteiger partial charge in [-0.3, -0.25) is 19.4 Å². The summed E-state index contributed by atoms with van der Waals surface area (Å²) >= 11 is 6.62. The predicted molar refractivity (Wildman–Crippen MR) is 178 cm³/mol. The molecule has 0 spiro atoms. The standard InChI is InChI=1S/C34H37ClN6O5S/c1-38(2)32(42)30-5-4-16-40(30)34(27-12-8-24(19-31(27)46-3)22-39-17-14-37-15-18-39)28-20-25(35)9-13-29(28)41(33(34)43)47(44,45)26-10-6-23(21-36)7-11-26/h6-13,19-20,30,37H,4-5,14-18,22H2,1-3H3/t30?,34-/m1/s1. The van der Waals surface area contributed by atoms with Crippen molar-refractivity contribution in [2.24, 2.45) is 0 Å². The van der Waals surface area contributed by atoms with Crippen molar-refractivity contribution in [3.8, 4) is 11.8 Å². The Balaban J connectivity index is 1.59. The van der Waals surface area contributed by atoms with Crippen molar-refractivity contribution < 1.29 is 22.7 Å². The van der Waals surface area contributed by atoms with E-state index in [-0.39, 0.29) is 22.1 Å². The molecule has 3 heterocycles. The number of nitriles is 1. The summed E-state index contributed by atoms with van der Waals surface area (Å²) < 4.78 is 35.7. The van der Waals surface area contributed by atoms with Gasteiger partial charge in [-0.15, -0.1) is 0 Å². The highest BCUT2D eigenvalue weighted by atomic mass is 35.5. The van der Waals surface area contributed by atoms with Crippen molar-refractivity contribution >= 4 is 39.1 Å². The Bertz CT molecular complexity index is 1860. The fraction of sp³-hybridized carbons (Fsp3) is 0.382. The highest BCUT2D eigenvalue weighted by Crippen LogP contribution is 2.55. The number of methoxy groups -OCH3 is 1. The smallest absolute Gasteiger partial charge is 0.271 e. The highest BCUT2D eigenvalue weighted by Gasteiger charge is 2.63. The number of nitrogens with one attached hydrogen (secondary N) is 1. The predicted octanol–water partition coefficient (Wildman–Crippen LogP) is 3.16. The van der Waals surface area contributed by atoms with Crippen LogP contribution in [-0.2, 0) is 31.7 Å². The van der Waals surface area contributed by atoms with Crippen LogP contribution in [0.25, 0.3) is 0 Å². The van der Waals surface area contributed by atoms with Gasteiger partial charge < -0.3 is 15.0 Å². The number of carbonyl (C=O) groups is 2. The minimum Gasteiger partial charge on any atom is -0.496 e. The third-order valence-corrected chi connectivity index (χ3v) is 11.2. The number of fused-ring (bicyclic) bond motifs is 1. The van der Waals surface area contributed by atoms with Crippen molar-refractivity contribution in [2.45, 2.75) is 35.9 Å². The van der Waals surface area contributed by atoms with Crippen LogP contribution >= 0.6 is 11.6 Å². The summed E-state index contributed by atoms with van der Waals surface area (Å²) in [5, 5.41) is 13.0. The van der Waals surface area contributed by atoms with Gasteiger partial charge in [-0.1, -0.05) is 23.7 Å². The van der Waals surface area contributed by atoms with E-state index >= 15 is 4.79 Å². The second-order valence-electron chi connectivity index (χ2n) is 12.2. The van der Waals surface area contributed by atoms with Gasteiger partial charge in [0.2, 0.25) is 5.91 Å². The number of ether oxygens (including phenoxy) is 1. The minimum absolute atomic E-state index is 0.138. The van der Waals surface area contributed by atoms with E-state index in [9.17, 15) is 18.5 Å². The van der Waals surface area contributed by atoms with Crippen LogP contribution in [0.4, 0.5) is 5.69 Å². The van der Waals surface area contributed by atoms with Gasteiger partial charge in [-0.2, -0.15) is 5.26 Å². The molecule has 246 valence electrons. The molecule has 6 rings (SSSR count). The Labute approximate surface area is 280 Å². The Kier molecular flexibility index (Phi) is 9.04. The third-order valence-electron chi connectivity index (χ3n) is 9.26. The highest BCUT2D eigenvalue weighted by molar-refractivity contribution is 7.93. The fourth-order valence-electron chi connectivity index (χ4n) is 7.07. The molecule has 3 aliphatic heterocycles. The molecule has 0 aromatic heterocycles. The lowest BCUT2D eigenvalue weighted by Crippen LogP contribution is -2.59. The lowest BCUT2D eigenvalue weighted by Gasteiger charge is -2.42. The van der Waals surface area contributed by atoms with E-state index < -0.39 is 27.5 Å². The number of likely N-dealkylation sites (tertiary alicyclic amines) is 1. The van der Waals surface area contributed by atoms with Gasteiger partial charge in [-0.25, -0.2) is 12.7 Å². The molecule has 1 N–H and O–H groups in total. The molecule has 2 atom stereocenters. The summed E-state index contributed by atoms with van der Waals surface area (Å²) in [4.78, 5) is 34.6. The van der Waals surface area contributed by atoms with Gasteiger partial charge in [0.05, 0.1) is 35.4 Å². The molecule has 2 saturated heterocycles. The van der Waals surface area contributed by atoms with Crippen molar-refractivity contribution in [3.63, 3.8) is 0 Å². The van der Waals surface area contributed by atoms with E-state index in [1.807, 2.05) is 29.2 Å². The van der Waals surface area contributed by atoms with Gasteiger partial charge in [0.25, 0.3) is 15.9 Å². The Hall–Kier alpha value is -3.99. The molecule has 0 aliphatic carbocycles. The second kappa shape index (κ2) is 12.9. The molecule has 2 amide bonds. The molecule has 0 radical (unpaired) electrons. The number of sulfonamides is 1. The first-order valence-electron chi connectivity index (χ1n) is 15.5. The van der Waals surface area contributed by atoms with Gasteiger partial charge in [-0.05, 0) is 66.9 Å². The number of rotatable bonds is 8. The first kappa shape index (κ1) is 32.9. The van der Waals surface area contributed by atoms with Crippen LogP contribution in [0.15, 0.2) is 65.6 Å². The SMILES string of the molecule is COc1cc(CN2CCNCC2)ccc1[C@]1(N2CCCC2C(=O)N(C)C)C(=O)N(S(=O)(=O)c2ccc(C#N)cc2)c2ccc(Cl)cc21. The molecule has 13 heteroatoms. The van der Waals surface area contributed by atoms with E-state index in [2.05, 4.69) is 10.2 Å². The third kappa shape index (κ3) is 5.56. The van der Waals surface area contributed by atoms with Crippen LogP contribution in [0.5, 0.6) is 5.75 Å². The monoisotopic (exact) mass is 676 g/mol. The van der Waals surface area contributed by atoms with E-state index in [1.54, 1.807) is 26.2 Å². The van der Waals surface area contributed by atoms with Crippen molar-refractivity contribution in [3.05, 3.63) is 87.9 Å². The molecule has 1 unspecified atom stereocenters. The van der Waals surface area contributed by atoms with Gasteiger partial charge in [0, 0.05) is 69.5 Å². The number of nitrogens with zero attached hydrogens (tertiary/aromatic N) is 5. The number of hydrogen-bond donors (Lipinski definition) is 1. The molecule has 3 aliphatic rings. The molecule has 0 bridgehead atoms. The molecular weight excluding hydrogens is 640 g/mol. The minimum atomic E-state index is -4.49. The summed E-state index contributed by atoms with van der Waals surface area (Å²) in [6, 6.07) is 17.1. The largest absolute Gasteiger partial charge is 0.496 e. The maximum Gasteiger partial charge on any atom is 0.271 e.